The molecule has 3 aromatic carbocycles. The van der Waals surface area contributed by atoms with Gasteiger partial charge in [0.25, 0.3) is 0 Å². The predicted molar refractivity (Wildman–Crippen MR) is 265 cm³/mol. The molecular formula is C50H63N3O7S3Si. The number of benzene rings is 3. The van der Waals surface area contributed by atoms with Crippen molar-refractivity contribution in [1.29, 1.82) is 0 Å². The molecule has 1 aliphatic heterocycles. The maximum atomic E-state index is 14.0. The molecule has 1 aromatic heterocycles. The molecule has 4 aromatic rings. The van der Waals surface area contributed by atoms with Gasteiger partial charge in [-0.15, -0.1) is 34.9 Å². The van der Waals surface area contributed by atoms with Gasteiger partial charge in [-0.25, -0.2) is 9.78 Å². The average Bonchev–Trinajstić information content (AvgIpc) is 3.88. The molecule has 64 heavy (non-hydrogen) atoms. The van der Waals surface area contributed by atoms with Gasteiger partial charge in [0.05, 0.1) is 24.2 Å². The number of carbonyl (C=O) groups excluding carboxylic acids is 4. The van der Waals surface area contributed by atoms with Gasteiger partial charge in [-0.2, -0.15) is 0 Å². The average molecular weight is 942 g/mol. The number of nitrogens with one attached hydrogen (secondary N) is 1. The zero-order valence-electron chi connectivity index (χ0n) is 38.6. The second kappa shape index (κ2) is 22.6. The number of thioether (sulfide) groups is 2. The van der Waals surface area contributed by atoms with Crippen LogP contribution in [0.4, 0.5) is 0 Å². The van der Waals surface area contributed by atoms with Gasteiger partial charge in [0, 0.05) is 19.2 Å². The third kappa shape index (κ3) is 14.5. The van der Waals surface area contributed by atoms with Gasteiger partial charge < -0.3 is 19.5 Å². The first-order chi connectivity index (χ1) is 30.3. The summed E-state index contributed by atoms with van der Waals surface area (Å²) in [6, 6.07) is 31.3. The number of aromatic nitrogens is 1. The van der Waals surface area contributed by atoms with Crippen LogP contribution >= 0.6 is 34.9 Å². The third-order valence-corrected chi connectivity index (χ3v) is 15.7. The number of aliphatic imine (C=N–C) groups is 1. The van der Waals surface area contributed by atoms with Crippen molar-refractivity contribution in [2.45, 2.75) is 115 Å². The molecule has 1 N–H and O–H groups in total. The largest absolute Gasteiger partial charge is 0.466 e. The molecule has 0 unspecified atom stereocenters. The number of thiazole rings is 1. The van der Waals surface area contributed by atoms with E-state index in [1.54, 1.807) is 13.0 Å². The zero-order chi connectivity index (χ0) is 46.5. The molecule has 0 bridgehead atoms. The van der Waals surface area contributed by atoms with Crippen molar-refractivity contribution in [2.75, 3.05) is 18.1 Å². The van der Waals surface area contributed by atoms with E-state index in [9.17, 15) is 19.2 Å². The van der Waals surface area contributed by atoms with Gasteiger partial charge in [0.1, 0.15) is 39.0 Å². The van der Waals surface area contributed by atoms with E-state index in [2.05, 4.69) is 103 Å². The summed E-state index contributed by atoms with van der Waals surface area (Å²) in [5, 5.41) is 5.91. The minimum Gasteiger partial charge on any atom is -0.466 e. The Kier molecular flexibility index (Phi) is 17.8. The highest BCUT2D eigenvalue weighted by atomic mass is 32.2. The Morgan fingerprint density at radius 1 is 0.891 bits per heavy atom. The maximum absolute atomic E-state index is 14.0. The first-order valence-electron chi connectivity index (χ1n) is 21.8. The van der Waals surface area contributed by atoms with Gasteiger partial charge >= 0.3 is 17.9 Å². The van der Waals surface area contributed by atoms with Crippen LogP contribution in [-0.4, -0.2) is 83.3 Å². The third-order valence-electron chi connectivity index (χ3n) is 10.3. The number of carbonyl (C=O) groups is 4. The smallest absolute Gasteiger partial charge is 0.329 e. The first-order valence-corrected chi connectivity index (χ1v) is 28.4. The molecule has 0 fully saturated rings. The van der Waals surface area contributed by atoms with E-state index in [1.807, 2.05) is 76.0 Å². The van der Waals surface area contributed by atoms with Gasteiger partial charge in [-0.05, 0) is 74.6 Å². The van der Waals surface area contributed by atoms with E-state index in [1.165, 1.54) is 23.1 Å². The van der Waals surface area contributed by atoms with Crippen molar-refractivity contribution in [2.24, 2.45) is 10.9 Å². The van der Waals surface area contributed by atoms with Crippen LogP contribution in [0.15, 0.2) is 114 Å². The van der Waals surface area contributed by atoms with E-state index >= 15 is 0 Å². The molecule has 14 heteroatoms. The Hall–Kier alpha value is -4.50. The van der Waals surface area contributed by atoms with E-state index in [4.69, 9.17) is 19.2 Å². The summed E-state index contributed by atoms with van der Waals surface area (Å²) in [5.74, 6) is -1.19. The van der Waals surface area contributed by atoms with Gasteiger partial charge in [0.15, 0.2) is 0 Å². The molecule has 0 aliphatic carbocycles. The standard InChI is InChI=1S/C50H63N3O7S3Si/c1-35(2)44(52-47(57)49(6)34-62-45(53-49)40-33-61-41(51-40)32-43(55)60-48(3,4)5)46(56)59-39(31-42(54)58-28-30-64(7,8)9)27-19-20-29-63-50(36-21-13-10-14-22-36,37-23-15-11-16-24-37)38-25-17-12-18-26-38/h10-19,21-27,33,35,39,44H,20,28-32,34H2,1-9H3,(H,52,57)/b27-19+/t39-,44+,49+/m1/s1. The summed E-state index contributed by atoms with van der Waals surface area (Å²) in [6.07, 6.45) is 3.31. The van der Waals surface area contributed by atoms with Crippen LogP contribution in [0.25, 0.3) is 0 Å². The molecule has 0 spiro atoms. The molecule has 342 valence electrons. The second-order valence-corrected chi connectivity index (χ2v) is 27.5. The summed E-state index contributed by atoms with van der Waals surface area (Å²) >= 11 is 4.55. The number of rotatable bonds is 21. The van der Waals surface area contributed by atoms with Gasteiger partial charge in [0.2, 0.25) is 5.91 Å². The fraction of sp³-hybridized carbons (Fsp3) is 0.440. The fourth-order valence-corrected chi connectivity index (χ4v) is 11.0. The molecule has 5 rings (SSSR count). The maximum Gasteiger partial charge on any atom is 0.329 e. The lowest BCUT2D eigenvalue weighted by molar-refractivity contribution is -0.157. The monoisotopic (exact) mass is 941 g/mol. The number of hydrogen-bond acceptors (Lipinski definition) is 12. The number of allylic oxidation sites excluding steroid dienone is 1. The quantitative estimate of drug-likeness (QED) is 0.0215. The van der Waals surface area contributed by atoms with E-state index < -0.39 is 54.0 Å². The highest BCUT2D eigenvalue weighted by Crippen LogP contribution is 2.48. The molecule has 2 heterocycles. The lowest BCUT2D eigenvalue weighted by atomic mass is 9.84. The number of amides is 1. The van der Waals surface area contributed by atoms with Crippen LogP contribution in [-0.2, 0) is 44.6 Å². The summed E-state index contributed by atoms with van der Waals surface area (Å²) in [6.45, 7) is 17.8. The molecule has 3 atom stereocenters. The van der Waals surface area contributed by atoms with Crippen molar-refractivity contribution in [3.8, 4) is 0 Å². The molecular weight excluding hydrogens is 879 g/mol. The van der Waals surface area contributed by atoms with Crippen LogP contribution in [0.3, 0.4) is 0 Å². The molecule has 1 amide bonds. The fourth-order valence-electron chi connectivity index (χ4n) is 6.89. The minimum absolute atomic E-state index is 0.0403. The lowest BCUT2D eigenvalue weighted by Gasteiger charge is -2.35. The normalized spacial score (nSPS) is 16.6. The highest BCUT2D eigenvalue weighted by Gasteiger charge is 2.42. The lowest BCUT2D eigenvalue weighted by Crippen LogP contribution is -2.53. The number of hydrogen-bond donors (Lipinski definition) is 1. The Balaban J connectivity index is 1.30. The molecule has 1 aliphatic rings. The van der Waals surface area contributed by atoms with E-state index in [-0.39, 0.29) is 24.7 Å². The highest BCUT2D eigenvalue weighted by molar-refractivity contribution is 8.14. The van der Waals surface area contributed by atoms with E-state index in [0.717, 1.165) is 22.7 Å². The van der Waals surface area contributed by atoms with Crippen molar-refractivity contribution in [3.05, 3.63) is 136 Å². The summed E-state index contributed by atoms with van der Waals surface area (Å²) < 4.78 is 16.7. The second-order valence-electron chi connectivity index (χ2n) is 18.6. The van der Waals surface area contributed by atoms with Gasteiger partial charge in [-0.1, -0.05) is 131 Å². The van der Waals surface area contributed by atoms with E-state index in [0.29, 0.717) is 40.3 Å². The topological polar surface area (TPSA) is 133 Å². The molecule has 0 radical (unpaired) electrons. The Morgan fingerprint density at radius 2 is 1.47 bits per heavy atom. The SMILES string of the molecule is CC(C)[C@H](NC(=O)[C@]1(C)CSC(c2csc(CC(=O)OC(C)(C)C)n2)=N1)C(=O)O[C@H](/C=C/CCSC(c1ccccc1)(c1ccccc1)c1ccccc1)CC(=O)OCC[Si](C)(C)C. The minimum atomic E-state index is -1.46. The number of nitrogens with zero attached hydrogens (tertiary/aromatic N) is 2. The summed E-state index contributed by atoms with van der Waals surface area (Å²) in [5.41, 5.74) is 2.28. The molecule has 0 saturated heterocycles. The van der Waals surface area contributed by atoms with Crippen LogP contribution in [0.5, 0.6) is 0 Å². The summed E-state index contributed by atoms with van der Waals surface area (Å²) in [7, 11) is -1.46. The Bertz CT molecular complexity index is 2140. The molecule has 10 nitrogen and oxygen atoms in total. The van der Waals surface area contributed by atoms with Gasteiger partial charge in [-0.3, -0.25) is 19.4 Å². The van der Waals surface area contributed by atoms with Crippen molar-refractivity contribution in [1.82, 2.24) is 10.3 Å². The predicted octanol–water partition coefficient (Wildman–Crippen LogP) is 10.3. The Labute approximate surface area is 392 Å². The molecule has 0 saturated carbocycles. The van der Waals surface area contributed by atoms with Crippen LogP contribution in [0.1, 0.15) is 81.8 Å². The van der Waals surface area contributed by atoms with Crippen molar-refractivity contribution in [3.63, 3.8) is 0 Å². The number of ether oxygens (including phenoxy) is 3. The van der Waals surface area contributed by atoms with Crippen LogP contribution < -0.4 is 5.32 Å². The van der Waals surface area contributed by atoms with Crippen molar-refractivity contribution >= 4 is 71.8 Å². The van der Waals surface area contributed by atoms with Crippen molar-refractivity contribution < 1.29 is 33.4 Å². The van der Waals surface area contributed by atoms with Crippen LogP contribution in [0.2, 0.25) is 25.7 Å². The zero-order valence-corrected chi connectivity index (χ0v) is 42.0. The first kappa shape index (κ1) is 50.5. The van der Waals surface area contributed by atoms with Crippen LogP contribution in [0, 0.1) is 5.92 Å². The Morgan fingerprint density at radius 3 is 2.00 bits per heavy atom. The summed E-state index contributed by atoms with van der Waals surface area (Å²) in [4.78, 5) is 62.9. The number of esters is 3.